The van der Waals surface area contributed by atoms with Crippen molar-refractivity contribution in [3.63, 3.8) is 0 Å². The van der Waals surface area contributed by atoms with Crippen molar-refractivity contribution >= 4 is 22.9 Å². The van der Waals surface area contributed by atoms with Gasteiger partial charge in [0.15, 0.2) is 23.1 Å². The fourth-order valence-corrected chi connectivity index (χ4v) is 4.38. The van der Waals surface area contributed by atoms with E-state index in [4.69, 9.17) is 14.2 Å². The molecule has 2 aromatic heterocycles. The molecular formula is C26H29F2N5O7. The van der Waals surface area contributed by atoms with Crippen LogP contribution in [0.2, 0.25) is 0 Å². The second-order valence-corrected chi connectivity index (χ2v) is 9.07. The lowest BCUT2D eigenvalue weighted by Crippen LogP contribution is -2.45. The highest BCUT2D eigenvalue weighted by Gasteiger charge is 2.30. The lowest BCUT2D eigenvalue weighted by atomic mass is 10.0. The van der Waals surface area contributed by atoms with Gasteiger partial charge in [-0.1, -0.05) is 6.58 Å². The summed E-state index contributed by atoms with van der Waals surface area (Å²) in [5.41, 5.74) is -1.79. The quantitative estimate of drug-likeness (QED) is 0.247. The van der Waals surface area contributed by atoms with Gasteiger partial charge in [0, 0.05) is 43.3 Å². The Balaban J connectivity index is 1.86. The molecule has 0 unspecified atom stereocenters. The number of halogens is 2. The third-order valence-corrected chi connectivity index (χ3v) is 6.54. The molecule has 1 aliphatic rings. The van der Waals surface area contributed by atoms with Crippen molar-refractivity contribution in [2.24, 2.45) is 5.92 Å². The van der Waals surface area contributed by atoms with Crippen molar-refractivity contribution in [3.05, 3.63) is 53.0 Å². The third-order valence-electron chi connectivity index (χ3n) is 6.54. The first kappa shape index (κ1) is 28.9. The van der Waals surface area contributed by atoms with Gasteiger partial charge in [-0.3, -0.25) is 14.2 Å². The molecule has 0 aliphatic carbocycles. The summed E-state index contributed by atoms with van der Waals surface area (Å²) in [6.07, 6.45) is 2.50. The van der Waals surface area contributed by atoms with Gasteiger partial charge in [-0.15, -0.1) is 0 Å². The van der Waals surface area contributed by atoms with E-state index >= 15 is 8.78 Å². The van der Waals surface area contributed by atoms with E-state index in [2.05, 4.69) is 27.2 Å². The Morgan fingerprint density at radius 3 is 2.45 bits per heavy atom. The first-order valence-electron chi connectivity index (χ1n) is 12.3. The van der Waals surface area contributed by atoms with Crippen LogP contribution in [0.1, 0.15) is 0 Å². The van der Waals surface area contributed by atoms with Gasteiger partial charge in [0.2, 0.25) is 11.9 Å². The third kappa shape index (κ3) is 5.59. The molecule has 1 amide bonds. The zero-order chi connectivity index (χ0) is 29.0. The van der Waals surface area contributed by atoms with Gasteiger partial charge < -0.3 is 35.1 Å². The molecule has 214 valence electrons. The van der Waals surface area contributed by atoms with E-state index in [1.807, 2.05) is 0 Å². The molecule has 3 aromatic rings. The number of rotatable bonds is 11. The maximum absolute atomic E-state index is 15.3. The molecule has 1 saturated heterocycles. The van der Waals surface area contributed by atoms with Crippen LogP contribution in [-0.2, 0) is 16.1 Å². The zero-order valence-corrected chi connectivity index (χ0v) is 21.8. The second kappa shape index (κ2) is 12.4. The Labute approximate surface area is 227 Å². The van der Waals surface area contributed by atoms with Crippen LogP contribution in [-0.4, -0.2) is 83.4 Å². The van der Waals surface area contributed by atoms with Crippen molar-refractivity contribution in [3.8, 4) is 22.6 Å². The number of anilines is 1. The molecule has 0 saturated carbocycles. The Kier molecular flexibility index (Phi) is 8.92. The van der Waals surface area contributed by atoms with Gasteiger partial charge >= 0.3 is 0 Å². The van der Waals surface area contributed by atoms with Crippen LogP contribution in [0.5, 0.6) is 11.5 Å². The summed E-state index contributed by atoms with van der Waals surface area (Å²) < 4.78 is 47.3. The van der Waals surface area contributed by atoms with Gasteiger partial charge in [0.1, 0.15) is 5.65 Å². The average molecular weight is 562 g/mol. The summed E-state index contributed by atoms with van der Waals surface area (Å²) in [4.78, 5) is 34.2. The van der Waals surface area contributed by atoms with Crippen LogP contribution >= 0.6 is 0 Å². The monoisotopic (exact) mass is 561 g/mol. The molecule has 14 heteroatoms. The number of benzene rings is 1. The highest BCUT2D eigenvalue weighted by molar-refractivity contribution is 5.87. The number of amides is 1. The minimum atomic E-state index is -1.11. The number of nitrogens with zero attached hydrogens (tertiary/aromatic N) is 3. The Bertz CT molecular complexity index is 1450. The number of carbonyl (C=O) groups excluding carboxylic acids is 1. The summed E-state index contributed by atoms with van der Waals surface area (Å²) in [7, 11) is 2.38. The summed E-state index contributed by atoms with van der Waals surface area (Å²) in [6, 6.07) is 1.46. The van der Waals surface area contributed by atoms with E-state index in [0.717, 1.165) is 16.7 Å². The van der Waals surface area contributed by atoms with Gasteiger partial charge in [-0.05, 0) is 12.1 Å². The molecule has 0 radical (unpaired) electrons. The van der Waals surface area contributed by atoms with Gasteiger partial charge in [-0.25, -0.2) is 13.8 Å². The minimum Gasteiger partial charge on any atom is -0.494 e. The van der Waals surface area contributed by atoms with Crippen molar-refractivity contribution in [1.82, 2.24) is 19.9 Å². The molecule has 1 fully saturated rings. The van der Waals surface area contributed by atoms with Gasteiger partial charge in [0.05, 0.1) is 50.6 Å². The smallest absolute Gasteiger partial charge is 0.260 e. The first-order chi connectivity index (χ1) is 19.3. The van der Waals surface area contributed by atoms with Gasteiger partial charge in [0.25, 0.3) is 5.56 Å². The van der Waals surface area contributed by atoms with Crippen LogP contribution in [0.15, 0.2) is 35.8 Å². The number of aliphatic hydroxyl groups is 2. The number of methoxy groups -OCH3 is 2. The lowest BCUT2D eigenvalue weighted by Gasteiger charge is -2.21. The number of hydrogen-bond donors (Lipinski definition) is 4. The van der Waals surface area contributed by atoms with Crippen LogP contribution in [0.4, 0.5) is 14.7 Å². The minimum absolute atomic E-state index is 0.0828. The van der Waals surface area contributed by atoms with Crippen molar-refractivity contribution < 1.29 is 38.0 Å². The van der Waals surface area contributed by atoms with E-state index in [1.54, 1.807) is 0 Å². The van der Waals surface area contributed by atoms with Crippen molar-refractivity contribution in [2.45, 2.75) is 18.6 Å². The molecule has 3 heterocycles. The Morgan fingerprint density at radius 2 is 1.85 bits per heavy atom. The first-order valence-corrected chi connectivity index (χ1v) is 12.3. The summed E-state index contributed by atoms with van der Waals surface area (Å²) in [6.45, 7) is 2.76. The maximum Gasteiger partial charge on any atom is 0.260 e. The molecule has 0 spiro atoms. The van der Waals surface area contributed by atoms with E-state index < -0.39 is 54.0 Å². The molecule has 1 aromatic carbocycles. The predicted molar refractivity (Wildman–Crippen MR) is 140 cm³/mol. The molecule has 4 rings (SSSR count). The van der Waals surface area contributed by atoms with Crippen molar-refractivity contribution in [1.29, 1.82) is 0 Å². The number of ether oxygens (including phenoxy) is 3. The standard InChI is InChI=1S/C26H29F2N5O7/c1-4-20(36)30-16-11-40-12-17(16)31-26-29-7-14-5-15(21-22(27)18(38-2)6-19(39-3)23(21)28)25(37)33(24(14)32-26)8-13(9-34)10-35/h4-7,13,16-17,34-35H,1,8-12H2,2-3H3,(H,30,36)(H,29,31,32)/t16-,17+/m0/s1. The second-order valence-electron chi connectivity index (χ2n) is 9.07. The number of pyridine rings is 1. The highest BCUT2D eigenvalue weighted by atomic mass is 19.1. The summed E-state index contributed by atoms with van der Waals surface area (Å²) in [5.74, 6) is -3.97. The SMILES string of the molecule is C=CC(=O)N[C@H]1COC[C@H]1Nc1ncc2cc(-c3c(F)c(OC)cc(OC)c3F)c(=O)n(CC(CO)CO)c2n1. The van der Waals surface area contributed by atoms with Crippen LogP contribution < -0.4 is 25.7 Å². The van der Waals surface area contributed by atoms with Crippen LogP contribution in [0, 0.1) is 17.6 Å². The number of carbonyl (C=O) groups is 1. The molecular weight excluding hydrogens is 532 g/mol. The van der Waals surface area contributed by atoms with Crippen LogP contribution in [0.25, 0.3) is 22.2 Å². The highest BCUT2D eigenvalue weighted by Crippen LogP contribution is 2.37. The number of hydrogen-bond acceptors (Lipinski definition) is 10. The van der Waals surface area contributed by atoms with Gasteiger partial charge in [-0.2, -0.15) is 4.98 Å². The number of aliphatic hydroxyl groups excluding tert-OH is 2. The fourth-order valence-electron chi connectivity index (χ4n) is 4.38. The number of fused-ring (bicyclic) bond motifs is 1. The fraction of sp³-hybridized carbons (Fsp3) is 0.385. The maximum atomic E-state index is 15.3. The lowest BCUT2D eigenvalue weighted by molar-refractivity contribution is -0.117. The summed E-state index contributed by atoms with van der Waals surface area (Å²) >= 11 is 0. The van der Waals surface area contributed by atoms with E-state index in [1.165, 1.54) is 26.5 Å². The molecule has 2 atom stereocenters. The molecule has 4 N–H and O–H groups in total. The number of nitrogens with one attached hydrogen (secondary N) is 2. The largest absolute Gasteiger partial charge is 0.494 e. The van der Waals surface area contributed by atoms with E-state index in [-0.39, 0.29) is 59.7 Å². The van der Waals surface area contributed by atoms with Crippen LogP contribution in [0.3, 0.4) is 0 Å². The zero-order valence-electron chi connectivity index (χ0n) is 21.8. The van der Waals surface area contributed by atoms with E-state index in [0.29, 0.717) is 0 Å². The average Bonchev–Trinajstić information content (AvgIpc) is 3.39. The van der Waals surface area contributed by atoms with Crippen molar-refractivity contribution in [2.75, 3.05) is 46.0 Å². The number of aromatic nitrogens is 3. The molecule has 0 bridgehead atoms. The Morgan fingerprint density at radius 1 is 1.20 bits per heavy atom. The molecule has 12 nitrogen and oxygen atoms in total. The molecule has 1 aliphatic heterocycles. The predicted octanol–water partition coefficient (Wildman–Crippen LogP) is 0.836. The normalized spacial score (nSPS) is 16.8. The Hall–Kier alpha value is -4.14. The molecule has 40 heavy (non-hydrogen) atoms. The summed E-state index contributed by atoms with van der Waals surface area (Å²) in [5, 5.41) is 25.5. The van der Waals surface area contributed by atoms with E-state index in [9.17, 15) is 19.8 Å². The topological polar surface area (TPSA) is 157 Å².